The smallest absolute Gasteiger partial charge is 0.399 e. The quantitative estimate of drug-likeness (QED) is 0.133. The Balaban J connectivity index is 0.000000287. The number of nitrogens with one attached hydrogen (secondary N) is 1. The molecule has 6 aromatic rings. The number of hydrogen-bond donors (Lipinski definition) is 3. The molecule has 5 N–H and O–H groups in total. The highest BCUT2D eigenvalue weighted by molar-refractivity contribution is 5.96. The van der Waals surface area contributed by atoms with E-state index in [2.05, 4.69) is 15.3 Å². The molecular formula is C32H34F6N6. The number of aromatic nitrogens is 4. The van der Waals surface area contributed by atoms with Crippen molar-refractivity contribution in [2.45, 2.75) is 34.6 Å². The number of alkyl halides is 6. The first-order valence-electron chi connectivity index (χ1n) is 12.1. The van der Waals surface area contributed by atoms with Crippen LogP contribution in [0.25, 0.3) is 44.3 Å². The molecule has 12 heteroatoms. The summed E-state index contributed by atoms with van der Waals surface area (Å²) >= 11 is 0. The fourth-order valence-electron chi connectivity index (χ4n) is 4.43. The lowest BCUT2D eigenvalue weighted by Gasteiger charge is -2.07. The number of halogens is 6. The Kier molecular flexibility index (Phi) is 10.5. The maximum atomic E-state index is 12.8. The van der Waals surface area contributed by atoms with Gasteiger partial charge in [0.15, 0.2) is 0 Å². The summed E-state index contributed by atoms with van der Waals surface area (Å²) in [6.07, 6.45) is -8.75. The number of nitrogens with zero attached hydrogens (tertiary/aromatic N) is 3. The molecule has 0 aliphatic carbocycles. The monoisotopic (exact) mass is 616 g/mol. The van der Waals surface area contributed by atoms with Crippen LogP contribution in [0.4, 0.5) is 37.7 Å². The van der Waals surface area contributed by atoms with Gasteiger partial charge < -0.3 is 11.5 Å². The number of aryl methyl sites for hydroxylation is 1. The van der Waals surface area contributed by atoms with Crippen molar-refractivity contribution in [2.24, 2.45) is 7.05 Å². The molecule has 6 rings (SSSR count). The van der Waals surface area contributed by atoms with E-state index in [1.165, 1.54) is 12.1 Å². The third-order valence-electron chi connectivity index (χ3n) is 6.39. The maximum Gasteiger partial charge on any atom is 0.416 e. The van der Waals surface area contributed by atoms with Crippen LogP contribution in [0.1, 0.15) is 33.4 Å². The molecular weight excluding hydrogens is 582 g/mol. The Morgan fingerprint density at radius 2 is 1.14 bits per heavy atom. The number of H-pyrrole nitrogens is 1. The minimum absolute atomic E-state index is 0. The van der Waals surface area contributed by atoms with Crippen molar-refractivity contribution < 1.29 is 26.3 Å². The van der Waals surface area contributed by atoms with Crippen LogP contribution in [-0.4, -0.2) is 20.0 Å². The molecule has 44 heavy (non-hydrogen) atoms. The van der Waals surface area contributed by atoms with Crippen LogP contribution in [0.5, 0.6) is 0 Å². The normalized spacial score (nSPS) is 11.2. The van der Waals surface area contributed by atoms with Crippen molar-refractivity contribution in [3.8, 4) is 22.5 Å². The molecule has 2 heterocycles. The van der Waals surface area contributed by atoms with E-state index < -0.39 is 23.5 Å². The average Bonchev–Trinajstić information content (AvgIpc) is 3.48. The van der Waals surface area contributed by atoms with E-state index in [0.717, 1.165) is 40.7 Å². The van der Waals surface area contributed by atoms with Crippen molar-refractivity contribution in [2.75, 3.05) is 11.5 Å². The number of rotatable bonds is 2. The van der Waals surface area contributed by atoms with Crippen molar-refractivity contribution in [1.29, 1.82) is 0 Å². The zero-order valence-corrected chi connectivity index (χ0v) is 21.3. The minimum atomic E-state index is -4.38. The van der Waals surface area contributed by atoms with Crippen LogP contribution in [0.3, 0.4) is 0 Å². The molecule has 0 amide bonds. The van der Waals surface area contributed by atoms with Crippen molar-refractivity contribution in [1.82, 2.24) is 20.0 Å². The molecule has 0 saturated carbocycles. The standard InChI is InChI=1S/C15H12F3N3.C14H10F3N3.3CH4/c1-21-13-6-5-11(19)8-12(13)14(20-21)9-3-2-4-10(7-9)15(16,17)18;15-14(16,17)9-3-1-2-8(6-9)13-11-7-10(18)4-5-12(11)19-20-13;;;/h2-8H,19H2,1H3;1-7H,18H2,(H,19,20);3*1H4. The topological polar surface area (TPSA) is 98.5 Å². The van der Waals surface area contributed by atoms with Gasteiger partial charge in [0.25, 0.3) is 0 Å². The summed E-state index contributed by atoms with van der Waals surface area (Å²) in [6, 6.07) is 20.6. The van der Waals surface area contributed by atoms with E-state index in [9.17, 15) is 26.3 Å². The summed E-state index contributed by atoms with van der Waals surface area (Å²) in [5.41, 5.74) is 14.5. The van der Waals surface area contributed by atoms with Crippen LogP contribution in [0, 0.1) is 0 Å². The van der Waals surface area contributed by atoms with E-state index in [1.807, 2.05) is 0 Å². The van der Waals surface area contributed by atoms with Crippen LogP contribution < -0.4 is 11.5 Å². The zero-order chi connectivity index (χ0) is 29.5. The number of benzene rings is 4. The van der Waals surface area contributed by atoms with Gasteiger partial charge in [0.1, 0.15) is 5.69 Å². The highest BCUT2D eigenvalue weighted by Crippen LogP contribution is 2.35. The number of nitrogen functional groups attached to an aromatic ring is 2. The van der Waals surface area contributed by atoms with Gasteiger partial charge in [-0.1, -0.05) is 46.5 Å². The second kappa shape index (κ2) is 13.1. The highest BCUT2D eigenvalue weighted by Gasteiger charge is 2.31. The van der Waals surface area contributed by atoms with Crippen molar-refractivity contribution in [3.05, 3.63) is 96.1 Å². The Hall–Kier alpha value is -5.00. The molecule has 0 aliphatic rings. The molecule has 6 nitrogen and oxygen atoms in total. The van der Waals surface area contributed by atoms with Gasteiger partial charge in [-0.3, -0.25) is 9.78 Å². The number of hydrogen-bond acceptors (Lipinski definition) is 4. The van der Waals surface area contributed by atoms with Crippen LogP contribution in [0.15, 0.2) is 84.9 Å². The van der Waals surface area contributed by atoms with Gasteiger partial charge >= 0.3 is 12.4 Å². The van der Waals surface area contributed by atoms with Gasteiger partial charge in [0.05, 0.1) is 27.9 Å². The first kappa shape index (κ1) is 35.2. The molecule has 234 valence electrons. The Morgan fingerprint density at radius 3 is 1.68 bits per heavy atom. The molecule has 0 spiro atoms. The number of aromatic amines is 1. The summed E-state index contributed by atoms with van der Waals surface area (Å²) in [4.78, 5) is 0. The summed E-state index contributed by atoms with van der Waals surface area (Å²) < 4.78 is 78.3. The summed E-state index contributed by atoms with van der Waals surface area (Å²) in [6.45, 7) is 0. The van der Waals surface area contributed by atoms with E-state index in [-0.39, 0.29) is 22.3 Å². The third-order valence-corrected chi connectivity index (χ3v) is 6.39. The molecule has 2 aromatic heterocycles. The van der Waals surface area contributed by atoms with Gasteiger partial charge in [0.2, 0.25) is 0 Å². The first-order valence-corrected chi connectivity index (χ1v) is 12.1. The van der Waals surface area contributed by atoms with Gasteiger partial charge in [-0.25, -0.2) is 0 Å². The van der Waals surface area contributed by atoms with Crippen LogP contribution >= 0.6 is 0 Å². The second-order valence-corrected chi connectivity index (χ2v) is 9.28. The van der Waals surface area contributed by atoms with E-state index >= 15 is 0 Å². The maximum absolute atomic E-state index is 12.8. The van der Waals surface area contributed by atoms with Crippen LogP contribution in [0.2, 0.25) is 0 Å². The lowest BCUT2D eigenvalue weighted by molar-refractivity contribution is -0.138. The fraction of sp³-hybridized carbons (Fsp3) is 0.188. The third kappa shape index (κ3) is 7.13. The molecule has 0 radical (unpaired) electrons. The lowest BCUT2D eigenvalue weighted by atomic mass is 10.0. The Labute approximate surface area is 251 Å². The first-order chi connectivity index (χ1) is 19.3. The van der Waals surface area contributed by atoms with Gasteiger partial charge in [-0.05, 0) is 60.7 Å². The SMILES string of the molecule is C.C.C.Cn1nc(-c2cccc(C(F)(F)F)c2)c2cc(N)ccc21.Nc1ccc2[nH]nc(-c3cccc(C(F)(F)F)c3)c2c1. The molecule has 0 saturated heterocycles. The van der Waals surface area contributed by atoms with Gasteiger partial charge in [-0.15, -0.1) is 0 Å². The largest absolute Gasteiger partial charge is 0.416 e. The number of anilines is 2. The molecule has 0 unspecified atom stereocenters. The molecule has 4 aromatic carbocycles. The average molecular weight is 617 g/mol. The molecule has 0 atom stereocenters. The number of fused-ring (bicyclic) bond motifs is 2. The van der Waals surface area contributed by atoms with Gasteiger partial charge in [-0.2, -0.15) is 36.5 Å². The molecule has 0 bridgehead atoms. The van der Waals surface area contributed by atoms with E-state index in [4.69, 9.17) is 11.5 Å². The van der Waals surface area contributed by atoms with Crippen LogP contribution in [-0.2, 0) is 19.4 Å². The van der Waals surface area contributed by atoms with Crippen molar-refractivity contribution >= 4 is 33.2 Å². The molecule has 0 aliphatic heterocycles. The summed E-state index contributed by atoms with van der Waals surface area (Å²) in [5, 5.41) is 12.6. The van der Waals surface area contributed by atoms with E-state index in [1.54, 1.807) is 60.3 Å². The summed E-state index contributed by atoms with van der Waals surface area (Å²) in [7, 11) is 1.75. The van der Waals surface area contributed by atoms with Gasteiger partial charge in [0, 0.05) is 40.3 Å². The highest BCUT2D eigenvalue weighted by atomic mass is 19.4. The number of nitrogens with two attached hydrogens (primary N) is 2. The zero-order valence-electron chi connectivity index (χ0n) is 21.3. The Morgan fingerprint density at radius 1 is 0.636 bits per heavy atom. The minimum Gasteiger partial charge on any atom is -0.399 e. The second-order valence-electron chi connectivity index (χ2n) is 9.28. The van der Waals surface area contributed by atoms with E-state index in [0.29, 0.717) is 39.3 Å². The fourth-order valence-corrected chi connectivity index (χ4v) is 4.43. The predicted molar refractivity (Wildman–Crippen MR) is 167 cm³/mol. The van der Waals surface area contributed by atoms with Crippen molar-refractivity contribution in [3.63, 3.8) is 0 Å². The predicted octanol–water partition coefficient (Wildman–Crippen LogP) is 9.58. The summed E-state index contributed by atoms with van der Waals surface area (Å²) in [5.74, 6) is 0. The lowest BCUT2D eigenvalue weighted by Crippen LogP contribution is -2.04. The Bertz CT molecular complexity index is 1870. The molecule has 0 fully saturated rings.